The molecule has 21 atom stereocenters. The molecular formula is C42H64O2. The van der Waals surface area contributed by atoms with Crippen molar-refractivity contribution < 1.29 is 9.53 Å². The number of ether oxygens (including phenoxy) is 1. The Morgan fingerprint density at radius 1 is 0.568 bits per heavy atom. The number of hydrogen-bond donors (Lipinski definition) is 0. The first-order valence-electron chi connectivity index (χ1n) is 19.1. The zero-order valence-electron chi connectivity index (χ0n) is 29.7. The van der Waals surface area contributed by atoms with Gasteiger partial charge in [-0.1, -0.05) is 92.6 Å². The van der Waals surface area contributed by atoms with Gasteiger partial charge in [-0.25, -0.2) is 0 Å². The number of esters is 1. The van der Waals surface area contributed by atoms with Gasteiger partial charge in [0, 0.05) is 6.42 Å². The Kier molecular flexibility index (Phi) is 8.13. The third kappa shape index (κ3) is 4.26. The lowest BCUT2D eigenvalue weighted by molar-refractivity contribution is -0.159. The molecule has 0 N–H and O–H groups in total. The minimum Gasteiger partial charge on any atom is -0.469 e. The standard InChI is InChI=1S/C42H64O2/c1-20-21(2)34-24(5)25(6)36-28(9)31(19-30(17-14-18-32(43)44-10)29-15-12-11-13-16-29)37-27(8)26(7)35-23(4)22(3)33(20)38-39(34)41(36)42(37)40(35)38/h11-13,15-16,20-28,30-31,33-42H,14,17-19H2,1-10H3. The molecule has 0 amide bonds. The van der Waals surface area contributed by atoms with Gasteiger partial charge in [0.05, 0.1) is 7.11 Å². The summed E-state index contributed by atoms with van der Waals surface area (Å²) in [5.74, 6) is 18.1. The van der Waals surface area contributed by atoms with Crippen LogP contribution in [0.25, 0.3) is 0 Å². The summed E-state index contributed by atoms with van der Waals surface area (Å²) in [5, 5.41) is 0. The molecule has 0 radical (unpaired) electrons. The second-order valence-corrected chi connectivity index (χ2v) is 18.0. The van der Waals surface area contributed by atoms with Crippen molar-refractivity contribution in [3.05, 3.63) is 35.9 Å². The van der Waals surface area contributed by atoms with Crippen molar-refractivity contribution in [1.82, 2.24) is 0 Å². The van der Waals surface area contributed by atoms with Crippen molar-refractivity contribution in [3.8, 4) is 0 Å². The van der Waals surface area contributed by atoms with E-state index in [2.05, 4.69) is 92.6 Å². The van der Waals surface area contributed by atoms with Crippen molar-refractivity contribution >= 4 is 5.97 Å². The SMILES string of the molecule is COC(=O)CCCC(CC1C(C)C2C(C)C(C)C3C(C)C(C)C4C(C)C(C)C5C(C)C(C)C1C1C5C4C3C21)c1ccccc1. The maximum atomic E-state index is 12.1. The van der Waals surface area contributed by atoms with Gasteiger partial charge >= 0.3 is 5.97 Å². The Labute approximate surface area is 270 Å². The summed E-state index contributed by atoms with van der Waals surface area (Å²) in [6.45, 7) is 24.3. The summed E-state index contributed by atoms with van der Waals surface area (Å²) >= 11 is 0. The van der Waals surface area contributed by atoms with Gasteiger partial charge in [0.1, 0.15) is 0 Å². The maximum Gasteiger partial charge on any atom is 0.305 e. The number of carbonyl (C=O) groups is 1. The molecule has 21 unspecified atom stereocenters. The lowest BCUT2D eigenvalue weighted by Crippen LogP contribution is -2.59. The molecule has 1 aromatic rings. The highest BCUT2D eigenvalue weighted by atomic mass is 16.5. The van der Waals surface area contributed by atoms with Crippen LogP contribution in [-0.4, -0.2) is 13.1 Å². The Morgan fingerprint density at radius 2 is 0.955 bits per heavy atom. The lowest BCUT2D eigenvalue weighted by Gasteiger charge is -2.63. The molecule has 6 saturated carbocycles. The minimum absolute atomic E-state index is 0.0572. The van der Waals surface area contributed by atoms with E-state index < -0.39 is 0 Å². The summed E-state index contributed by atoms with van der Waals surface area (Å²) in [6, 6.07) is 11.4. The normalized spacial score (nSPS) is 54.0. The zero-order valence-corrected chi connectivity index (χ0v) is 29.7. The molecule has 44 heavy (non-hydrogen) atoms. The van der Waals surface area contributed by atoms with E-state index in [9.17, 15) is 4.79 Å². The van der Waals surface area contributed by atoms with E-state index in [1.165, 1.54) is 19.1 Å². The molecule has 0 bridgehead atoms. The molecule has 0 spiro atoms. The topological polar surface area (TPSA) is 26.3 Å². The van der Waals surface area contributed by atoms with Crippen molar-refractivity contribution in [3.63, 3.8) is 0 Å². The van der Waals surface area contributed by atoms with Gasteiger partial charge < -0.3 is 4.74 Å². The van der Waals surface area contributed by atoms with Crippen LogP contribution in [0.15, 0.2) is 30.3 Å². The van der Waals surface area contributed by atoms with Gasteiger partial charge in [0.15, 0.2) is 0 Å². The Balaban J connectivity index is 1.32. The average molecular weight is 601 g/mol. The van der Waals surface area contributed by atoms with Crippen LogP contribution in [0.1, 0.15) is 99.5 Å². The van der Waals surface area contributed by atoms with Gasteiger partial charge in [0.25, 0.3) is 0 Å². The van der Waals surface area contributed by atoms with Crippen molar-refractivity contribution in [2.75, 3.05) is 7.11 Å². The minimum atomic E-state index is -0.0572. The summed E-state index contributed by atoms with van der Waals surface area (Å²) in [6.07, 6.45) is 3.86. The van der Waals surface area contributed by atoms with E-state index in [1.807, 2.05) is 0 Å². The highest BCUT2D eigenvalue weighted by molar-refractivity contribution is 5.69. The van der Waals surface area contributed by atoms with E-state index >= 15 is 0 Å². The lowest BCUT2D eigenvalue weighted by atomic mass is 9.41. The summed E-state index contributed by atoms with van der Waals surface area (Å²) < 4.78 is 5.05. The number of benzene rings is 1. The molecule has 0 aliphatic heterocycles. The van der Waals surface area contributed by atoms with E-state index in [0.717, 1.165) is 131 Å². The third-order valence-corrected chi connectivity index (χ3v) is 17.4. The molecule has 0 heterocycles. The molecule has 244 valence electrons. The molecule has 6 fully saturated rings. The van der Waals surface area contributed by atoms with Crippen LogP contribution in [0.5, 0.6) is 0 Å². The fourth-order valence-electron chi connectivity index (χ4n) is 15.5. The monoisotopic (exact) mass is 600 g/mol. The fraction of sp³-hybridized carbons (Fsp3) is 0.833. The molecule has 2 heteroatoms. The third-order valence-electron chi connectivity index (χ3n) is 17.4. The Hall–Kier alpha value is -1.31. The van der Waals surface area contributed by atoms with Crippen molar-refractivity contribution in [2.24, 2.45) is 118 Å². The van der Waals surface area contributed by atoms with Crippen LogP contribution in [0, 0.1) is 118 Å². The van der Waals surface area contributed by atoms with E-state index in [0.29, 0.717) is 12.3 Å². The zero-order chi connectivity index (χ0) is 31.4. The highest BCUT2D eigenvalue weighted by Crippen LogP contribution is 2.79. The maximum absolute atomic E-state index is 12.1. The quantitative estimate of drug-likeness (QED) is 0.291. The predicted octanol–water partition coefficient (Wildman–Crippen LogP) is 10.1. The number of rotatable bonds is 7. The van der Waals surface area contributed by atoms with Crippen LogP contribution < -0.4 is 0 Å². The molecule has 0 aromatic heterocycles. The molecule has 6 aliphatic rings. The summed E-state index contributed by atoms with van der Waals surface area (Å²) in [5.41, 5.74) is 1.49. The molecule has 6 aliphatic carbocycles. The van der Waals surface area contributed by atoms with Crippen LogP contribution >= 0.6 is 0 Å². The van der Waals surface area contributed by atoms with Gasteiger partial charge in [-0.15, -0.1) is 0 Å². The summed E-state index contributed by atoms with van der Waals surface area (Å²) in [7, 11) is 1.53. The first-order valence-corrected chi connectivity index (χ1v) is 19.1. The number of methoxy groups -OCH3 is 1. The van der Waals surface area contributed by atoms with Crippen LogP contribution in [-0.2, 0) is 9.53 Å². The van der Waals surface area contributed by atoms with E-state index in [-0.39, 0.29) is 5.97 Å². The first-order chi connectivity index (χ1) is 21.0. The Morgan fingerprint density at radius 3 is 1.39 bits per heavy atom. The van der Waals surface area contributed by atoms with E-state index in [4.69, 9.17) is 4.74 Å². The molecule has 1 aromatic carbocycles. The van der Waals surface area contributed by atoms with Gasteiger partial charge in [-0.2, -0.15) is 0 Å². The number of hydrogen-bond acceptors (Lipinski definition) is 2. The molecule has 7 rings (SSSR count). The molecule has 0 saturated heterocycles. The van der Waals surface area contributed by atoms with Gasteiger partial charge in [-0.05, 0) is 149 Å². The second kappa shape index (κ2) is 11.4. The van der Waals surface area contributed by atoms with Crippen LogP contribution in [0.3, 0.4) is 0 Å². The van der Waals surface area contributed by atoms with Crippen molar-refractivity contribution in [1.29, 1.82) is 0 Å². The smallest absolute Gasteiger partial charge is 0.305 e. The Bertz CT molecular complexity index is 1170. The number of carbonyl (C=O) groups excluding carboxylic acids is 1. The molecular weight excluding hydrogens is 536 g/mol. The van der Waals surface area contributed by atoms with Crippen molar-refractivity contribution in [2.45, 2.75) is 93.9 Å². The predicted molar refractivity (Wildman–Crippen MR) is 181 cm³/mol. The van der Waals surface area contributed by atoms with Crippen LogP contribution in [0.2, 0.25) is 0 Å². The molecule has 2 nitrogen and oxygen atoms in total. The van der Waals surface area contributed by atoms with Gasteiger partial charge in [0.2, 0.25) is 0 Å². The second-order valence-electron chi connectivity index (χ2n) is 18.0. The largest absolute Gasteiger partial charge is 0.469 e. The first kappa shape index (κ1) is 31.3. The summed E-state index contributed by atoms with van der Waals surface area (Å²) in [4.78, 5) is 12.1. The van der Waals surface area contributed by atoms with Crippen LogP contribution in [0.4, 0.5) is 0 Å². The highest BCUT2D eigenvalue weighted by Gasteiger charge is 2.75. The van der Waals surface area contributed by atoms with Gasteiger partial charge in [-0.3, -0.25) is 4.79 Å². The fourth-order valence-corrected chi connectivity index (χ4v) is 15.5. The average Bonchev–Trinajstić information content (AvgIpc) is 3.34. The van der Waals surface area contributed by atoms with E-state index in [1.54, 1.807) is 0 Å².